The molecule has 0 saturated carbocycles. The summed E-state index contributed by atoms with van der Waals surface area (Å²) < 4.78 is 11.1. The van der Waals surface area contributed by atoms with Gasteiger partial charge in [-0.25, -0.2) is 0 Å². The Morgan fingerprint density at radius 1 is 1.35 bits per heavy atom. The van der Waals surface area contributed by atoms with Crippen LogP contribution < -0.4 is 14.8 Å². The first-order chi connectivity index (χ1) is 9.61. The van der Waals surface area contributed by atoms with E-state index in [0.717, 1.165) is 18.4 Å². The summed E-state index contributed by atoms with van der Waals surface area (Å²) in [6.45, 7) is 2.39. The van der Waals surface area contributed by atoms with Gasteiger partial charge in [0.2, 0.25) is 0 Å². The first-order valence-electron chi connectivity index (χ1n) is 6.92. The lowest BCUT2D eigenvalue weighted by molar-refractivity contribution is -0.127. The maximum absolute atomic E-state index is 11.9. The number of carbonyl (C=O) groups is 1. The van der Waals surface area contributed by atoms with Gasteiger partial charge in [-0.3, -0.25) is 4.79 Å². The zero-order valence-electron chi connectivity index (χ0n) is 11.9. The van der Waals surface area contributed by atoms with Gasteiger partial charge in [0.05, 0.1) is 13.2 Å². The Labute approximate surface area is 118 Å². The average molecular weight is 279 g/mol. The summed E-state index contributed by atoms with van der Waals surface area (Å²) in [5.74, 6) is 0.976. The fourth-order valence-corrected chi connectivity index (χ4v) is 2.22. The minimum absolute atomic E-state index is 0.0795. The second kappa shape index (κ2) is 6.61. The number of aliphatic hydroxyl groups is 1. The van der Waals surface area contributed by atoms with Crippen LogP contribution in [0.4, 0.5) is 0 Å². The summed E-state index contributed by atoms with van der Waals surface area (Å²) in [6, 6.07) is 5.24. The molecule has 0 aromatic heterocycles. The van der Waals surface area contributed by atoms with Crippen LogP contribution in [-0.4, -0.2) is 30.8 Å². The standard InChI is InChI=1S/C15H21NO4/c1-10(17)11-6-7-12(14(9-11)19-2)20-13-5-3-4-8-16-15(13)18/h6-7,9-10,13,17H,3-5,8H2,1-2H3,(H,16,18)/t10-,13?/m0/s1. The molecule has 1 fully saturated rings. The van der Waals surface area contributed by atoms with Crippen LogP contribution >= 0.6 is 0 Å². The third-order valence-electron chi connectivity index (χ3n) is 3.42. The molecule has 0 bridgehead atoms. The number of ether oxygens (including phenoxy) is 2. The van der Waals surface area contributed by atoms with E-state index in [4.69, 9.17) is 9.47 Å². The number of benzene rings is 1. The fourth-order valence-electron chi connectivity index (χ4n) is 2.22. The highest BCUT2D eigenvalue weighted by Gasteiger charge is 2.23. The number of rotatable bonds is 4. The van der Waals surface area contributed by atoms with E-state index in [9.17, 15) is 9.90 Å². The molecule has 0 radical (unpaired) electrons. The van der Waals surface area contributed by atoms with Crippen LogP contribution in [-0.2, 0) is 4.79 Å². The van der Waals surface area contributed by atoms with E-state index in [1.165, 1.54) is 0 Å². The SMILES string of the molecule is COc1cc([C@H](C)O)ccc1OC1CCCCNC1=O. The lowest BCUT2D eigenvalue weighted by Gasteiger charge is -2.18. The van der Waals surface area contributed by atoms with Gasteiger partial charge in [-0.2, -0.15) is 0 Å². The third kappa shape index (κ3) is 3.42. The van der Waals surface area contributed by atoms with Crippen molar-refractivity contribution in [2.24, 2.45) is 0 Å². The number of aliphatic hydroxyl groups excluding tert-OH is 1. The Bertz CT molecular complexity index is 473. The largest absolute Gasteiger partial charge is 0.493 e. The Morgan fingerprint density at radius 2 is 2.15 bits per heavy atom. The fraction of sp³-hybridized carbons (Fsp3) is 0.533. The molecule has 2 atom stereocenters. The summed E-state index contributed by atoms with van der Waals surface area (Å²) >= 11 is 0. The minimum Gasteiger partial charge on any atom is -0.493 e. The topological polar surface area (TPSA) is 67.8 Å². The molecule has 2 rings (SSSR count). The van der Waals surface area contributed by atoms with Crippen LogP contribution in [0.25, 0.3) is 0 Å². The van der Waals surface area contributed by atoms with Crippen LogP contribution in [0.15, 0.2) is 18.2 Å². The van der Waals surface area contributed by atoms with E-state index in [-0.39, 0.29) is 5.91 Å². The Morgan fingerprint density at radius 3 is 2.85 bits per heavy atom. The molecule has 2 N–H and O–H groups in total. The van der Waals surface area contributed by atoms with Crippen LogP contribution in [0.5, 0.6) is 11.5 Å². The molecule has 20 heavy (non-hydrogen) atoms. The van der Waals surface area contributed by atoms with Gasteiger partial charge in [0.15, 0.2) is 17.6 Å². The van der Waals surface area contributed by atoms with Crippen molar-refractivity contribution in [2.75, 3.05) is 13.7 Å². The van der Waals surface area contributed by atoms with Crippen molar-refractivity contribution < 1.29 is 19.4 Å². The number of nitrogens with one attached hydrogen (secondary N) is 1. The molecule has 5 heteroatoms. The van der Waals surface area contributed by atoms with Crippen molar-refractivity contribution in [2.45, 2.75) is 38.4 Å². The summed E-state index contributed by atoms with van der Waals surface area (Å²) in [6.07, 6.45) is 1.58. The van der Waals surface area contributed by atoms with E-state index >= 15 is 0 Å². The molecule has 1 unspecified atom stereocenters. The molecule has 0 spiro atoms. The van der Waals surface area contributed by atoms with Crippen LogP contribution in [0.1, 0.15) is 37.9 Å². The molecule has 1 amide bonds. The molecule has 1 aliphatic rings. The predicted octanol–water partition coefficient (Wildman–Crippen LogP) is 1.80. The summed E-state index contributed by atoms with van der Waals surface area (Å²) in [4.78, 5) is 11.9. The highest BCUT2D eigenvalue weighted by Crippen LogP contribution is 2.31. The van der Waals surface area contributed by atoms with Gasteiger partial charge in [0, 0.05) is 6.54 Å². The highest BCUT2D eigenvalue weighted by molar-refractivity contribution is 5.81. The summed E-state index contributed by atoms with van der Waals surface area (Å²) in [5, 5.41) is 12.4. The first-order valence-corrected chi connectivity index (χ1v) is 6.92. The third-order valence-corrected chi connectivity index (χ3v) is 3.42. The first kappa shape index (κ1) is 14.7. The lowest BCUT2D eigenvalue weighted by Crippen LogP contribution is -2.36. The zero-order chi connectivity index (χ0) is 14.5. The van der Waals surface area contributed by atoms with Crippen LogP contribution in [0, 0.1) is 0 Å². The van der Waals surface area contributed by atoms with Crippen molar-refractivity contribution >= 4 is 5.91 Å². The van der Waals surface area contributed by atoms with E-state index in [0.29, 0.717) is 24.5 Å². The molecule has 1 aromatic carbocycles. The molecule has 1 aliphatic heterocycles. The maximum Gasteiger partial charge on any atom is 0.261 e. The van der Waals surface area contributed by atoms with Crippen LogP contribution in [0.3, 0.4) is 0 Å². The van der Waals surface area contributed by atoms with Crippen molar-refractivity contribution in [1.29, 1.82) is 0 Å². The molecule has 1 aromatic rings. The van der Waals surface area contributed by atoms with E-state index in [2.05, 4.69) is 5.32 Å². The van der Waals surface area contributed by atoms with Gasteiger partial charge in [-0.15, -0.1) is 0 Å². The van der Waals surface area contributed by atoms with Crippen LogP contribution in [0.2, 0.25) is 0 Å². The van der Waals surface area contributed by atoms with Gasteiger partial charge in [-0.1, -0.05) is 6.07 Å². The van der Waals surface area contributed by atoms with Gasteiger partial charge in [0.1, 0.15) is 0 Å². The number of methoxy groups -OCH3 is 1. The summed E-state index contributed by atoms with van der Waals surface area (Å²) in [5.41, 5.74) is 0.750. The van der Waals surface area contributed by atoms with Gasteiger partial charge >= 0.3 is 0 Å². The van der Waals surface area contributed by atoms with Gasteiger partial charge in [0.25, 0.3) is 5.91 Å². The molecule has 1 heterocycles. The van der Waals surface area contributed by atoms with Gasteiger partial charge in [-0.05, 0) is 43.9 Å². The number of hydrogen-bond acceptors (Lipinski definition) is 4. The molecule has 5 nitrogen and oxygen atoms in total. The molecule has 110 valence electrons. The molecular weight excluding hydrogens is 258 g/mol. The average Bonchev–Trinajstić information content (AvgIpc) is 2.64. The number of amides is 1. The number of carbonyl (C=O) groups excluding carboxylic acids is 1. The number of hydrogen-bond donors (Lipinski definition) is 2. The normalized spacial score (nSPS) is 20.8. The monoisotopic (exact) mass is 279 g/mol. The molecule has 1 saturated heterocycles. The zero-order valence-corrected chi connectivity index (χ0v) is 11.9. The second-order valence-electron chi connectivity index (χ2n) is 4.98. The van der Waals surface area contributed by atoms with Crippen molar-refractivity contribution in [1.82, 2.24) is 5.32 Å². The van der Waals surface area contributed by atoms with Crippen molar-refractivity contribution in [3.8, 4) is 11.5 Å². The molecule has 0 aliphatic carbocycles. The summed E-state index contributed by atoms with van der Waals surface area (Å²) in [7, 11) is 1.54. The Balaban J connectivity index is 2.17. The minimum atomic E-state index is -0.570. The van der Waals surface area contributed by atoms with Crippen molar-refractivity contribution in [3.63, 3.8) is 0 Å². The van der Waals surface area contributed by atoms with E-state index < -0.39 is 12.2 Å². The quantitative estimate of drug-likeness (QED) is 0.882. The van der Waals surface area contributed by atoms with E-state index in [1.807, 2.05) is 0 Å². The van der Waals surface area contributed by atoms with Crippen molar-refractivity contribution in [3.05, 3.63) is 23.8 Å². The second-order valence-corrected chi connectivity index (χ2v) is 4.98. The van der Waals surface area contributed by atoms with E-state index in [1.54, 1.807) is 32.2 Å². The predicted molar refractivity (Wildman–Crippen MR) is 74.9 cm³/mol. The smallest absolute Gasteiger partial charge is 0.261 e. The highest BCUT2D eigenvalue weighted by atomic mass is 16.5. The van der Waals surface area contributed by atoms with Gasteiger partial charge < -0.3 is 19.9 Å². The Kier molecular flexibility index (Phi) is 4.84. The lowest BCUT2D eigenvalue weighted by atomic mass is 10.1. The maximum atomic E-state index is 11.9. The molecular formula is C15H21NO4. The Hall–Kier alpha value is -1.75.